The Bertz CT molecular complexity index is 1400. The van der Waals surface area contributed by atoms with Crippen LogP contribution >= 0.6 is 0 Å². The Morgan fingerprint density at radius 1 is 1.08 bits per heavy atom. The van der Waals surface area contributed by atoms with Crippen LogP contribution in [0.15, 0.2) is 65.3 Å². The molecule has 0 bridgehead atoms. The molecule has 10 nitrogen and oxygen atoms in total. The second-order valence-electron chi connectivity index (χ2n) is 10.1. The first-order valence-corrected chi connectivity index (χ1v) is 12.2. The molecule has 0 aliphatic heterocycles. The van der Waals surface area contributed by atoms with Crippen LogP contribution in [0, 0.1) is 13.8 Å². The lowest BCUT2D eigenvalue weighted by Crippen LogP contribution is -2.50. The van der Waals surface area contributed by atoms with Gasteiger partial charge < -0.3 is 14.5 Å². The van der Waals surface area contributed by atoms with Gasteiger partial charge in [0.25, 0.3) is 11.8 Å². The molecule has 1 atom stereocenters. The minimum atomic E-state index is -1.12. The highest BCUT2D eigenvalue weighted by molar-refractivity contribution is 6.02. The largest absolute Gasteiger partial charge is 0.495 e. The van der Waals surface area contributed by atoms with Crippen LogP contribution in [-0.2, 0) is 16.1 Å². The first kappa shape index (κ1) is 26.6. The normalized spacial score (nSPS) is 12.2. The van der Waals surface area contributed by atoms with Crippen molar-refractivity contribution in [1.82, 2.24) is 25.5 Å². The number of aryl methyl sites for hydroxylation is 2. The minimum absolute atomic E-state index is 0.268. The standard InChI is InChI=1S/C28H32N6O4/c1-18-9-12-20(13-10-18)26-30-32-33(31-26)17-24(35)34(21-16-19(2)11-14-22(21)37-6)25(23-8-7-15-38-23)27(36)29-28(3,4)5/h7-16,25H,17H2,1-6H3,(H,29,36). The minimum Gasteiger partial charge on any atom is -0.495 e. The number of carbonyl (C=O) groups excluding carboxylic acids is 2. The van der Waals surface area contributed by atoms with E-state index >= 15 is 0 Å². The number of nitrogens with one attached hydrogen (secondary N) is 1. The van der Waals surface area contributed by atoms with Gasteiger partial charge in [0.2, 0.25) is 5.82 Å². The van der Waals surface area contributed by atoms with Gasteiger partial charge in [-0.2, -0.15) is 4.80 Å². The van der Waals surface area contributed by atoms with Crippen LogP contribution in [0.25, 0.3) is 11.4 Å². The van der Waals surface area contributed by atoms with Crippen molar-refractivity contribution in [3.05, 3.63) is 77.7 Å². The summed E-state index contributed by atoms with van der Waals surface area (Å²) in [5.74, 6) is 0.264. The Labute approximate surface area is 221 Å². The number of methoxy groups -OCH3 is 1. The summed E-state index contributed by atoms with van der Waals surface area (Å²) in [6.45, 7) is 9.23. The summed E-state index contributed by atoms with van der Waals surface area (Å²) >= 11 is 0. The zero-order valence-corrected chi connectivity index (χ0v) is 22.4. The van der Waals surface area contributed by atoms with Gasteiger partial charge in [-0.25, -0.2) is 0 Å². The Balaban J connectivity index is 1.76. The number of benzene rings is 2. The first-order valence-electron chi connectivity index (χ1n) is 12.2. The molecule has 0 fully saturated rings. The molecule has 2 aromatic heterocycles. The van der Waals surface area contributed by atoms with Crippen LogP contribution in [0.1, 0.15) is 43.7 Å². The zero-order valence-electron chi connectivity index (χ0n) is 22.4. The third-order valence-electron chi connectivity index (χ3n) is 5.72. The van der Waals surface area contributed by atoms with Gasteiger partial charge in [0.15, 0.2) is 6.04 Å². The maximum absolute atomic E-state index is 14.0. The van der Waals surface area contributed by atoms with Crippen LogP contribution in [0.2, 0.25) is 0 Å². The average Bonchev–Trinajstić information content (AvgIpc) is 3.54. The molecule has 2 amide bonds. The van der Waals surface area contributed by atoms with Gasteiger partial charge in [0.05, 0.1) is 19.1 Å². The number of rotatable bonds is 8. The number of amides is 2. The van der Waals surface area contributed by atoms with Crippen LogP contribution in [-0.4, -0.2) is 44.7 Å². The molecule has 4 aromatic rings. The summed E-state index contributed by atoms with van der Waals surface area (Å²) in [6.07, 6.45) is 1.47. The van der Waals surface area contributed by atoms with E-state index in [1.807, 2.05) is 65.0 Å². The fourth-order valence-corrected chi connectivity index (χ4v) is 3.99. The summed E-state index contributed by atoms with van der Waals surface area (Å²) < 4.78 is 11.3. The lowest BCUT2D eigenvalue weighted by atomic mass is 10.0. The number of carbonyl (C=O) groups is 2. The number of anilines is 1. The van der Waals surface area contributed by atoms with E-state index in [0.29, 0.717) is 23.0 Å². The van der Waals surface area contributed by atoms with Crippen molar-refractivity contribution in [2.45, 2.75) is 52.7 Å². The number of aromatic nitrogens is 4. The number of hydrogen-bond acceptors (Lipinski definition) is 7. The maximum Gasteiger partial charge on any atom is 0.251 e. The highest BCUT2D eigenvalue weighted by Crippen LogP contribution is 2.36. The number of ether oxygens (including phenoxy) is 1. The van der Waals surface area contributed by atoms with Gasteiger partial charge >= 0.3 is 0 Å². The number of nitrogens with zero attached hydrogens (tertiary/aromatic N) is 5. The van der Waals surface area contributed by atoms with E-state index in [9.17, 15) is 9.59 Å². The lowest BCUT2D eigenvalue weighted by molar-refractivity contribution is -0.128. The summed E-state index contributed by atoms with van der Waals surface area (Å²) in [7, 11) is 1.51. The zero-order chi connectivity index (χ0) is 27.4. The SMILES string of the molecule is COc1ccc(C)cc1N(C(=O)Cn1nnc(-c2ccc(C)cc2)n1)C(C(=O)NC(C)(C)C)c1ccco1. The Morgan fingerprint density at radius 3 is 2.42 bits per heavy atom. The van der Waals surface area contributed by atoms with E-state index in [1.54, 1.807) is 24.3 Å². The second kappa shape index (κ2) is 10.9. The number of hydrogen-bond donors (Lipinski definition) is 1. The molecule has 38 heavy (non-hydrogen) atoms. The first-order chi connectivity index (χ1) is 18.1. The van der Waals surface area contributed by atoms with Gasteiger partial charge in [0.1, 0.15) is 18.1 Å². The van der Waals surface area contributed by atoms with Crippen molar-refractivity contribution >= 4 is 17.5 Å². The van der Waals surface area contributed by atoms with Crippen LogP contribution in [0.4, 0.5) is 5.69 Å². The van der Waals surface area contributed by atoms with E-state index < -0.39 is 23.4 Å². The molecule has 0 aliphatic rings. The molecule has 0 radical (unpaired) electrons. The van der Waals surface area contributed by atoms with E-state index in [2.05, 4.69) is 20.7 Å². The number of tetrazole rings is 1. The molecule has 0 saturated carbocycles. The molecular weight excluding hydrogens is 484 g/mol. The number of furan rings is 1. The molecule has 198 valence electrons. The van der Waals surface area contributed by atoms with Gasteiger partial charge in [-0.1, -0.05) is 35.9 Å². The lowest BCUT2D eigenvalue weighted by Gasteiger charge is -2.33. The fourth-order valence-electron chi connectivity index (χ4n) is 3.99. The maximum atomic E-state index is 14.0. The third kappa shape index (κ3) is 6.08. The smallest absolute Gasteiger partial charge is 0.251 e. The van der Waals surface area contributed by atoms with E-state index in [4.69, 9.17) is 9.15 Å². The fraction of sp³-hybridized carbons (Fsp3) is 0.321. The van der Waals surface area contributed by atoms with Crippen molar-refractivity contribution in [3.63, 3.8) is 0 Å². The van der Waals surface area contributed by atoms with Crippen LogP contribution in [0.3, 0.4) is 0 Å². The molecule has 0 aliphatic carbocycles. The summed E-state index contributed by atoms with van der Waals surface area (Å²) in [5, 5.41) is 15.6. The second-order valence-corrected chi connectivity index (χ2v) is 10.1. The van der Waals surface area contributed by atoms with Gasteiger partial charge in [-0.3, -0.25) is 14.5 Å². The Kier molecular flexibility index (Phi) is 7.61. The molecule has 0 saturated heterocycles. The predicted octanol–water partition coefficient (Wildman–Crippen LogP) is 4.25. The van der Waals surface area contributed by atoms with Gasteiger partial charge in [0, 0.05) is 11.1 Å². The Morgan fingerprint density at radius 2 is 1.79 bits per heavy atom. The molecule has 1 N–H and O–H groups in total. The molecular formula is C28H32N6O4. The summed E-state index contributed by atoms with van der Waals surface area (Å²) in [6, 6.07) is 15.3. The van der Waals surface area contributed by atoms with E-state index in [0.717, 1.165) is 16.7 Å². The molecule has 1 unspecified atom stereocenters. The monoisotopic (exact) mass is 516 g/mol. The highest BCUT2D eigenvalue weighted by Gasteiger charge is 2.38. The van der Waals surface area contributed by atoms with Crippen molar-refractivity contribution in [2.24, 2.45) is 0 Å². The van der Waals surface area contributed by atoms with Crippen molar-refractivity contribution in [1.29, 1.82) is 0 Å². The van der Waals surface area contributed by atoms with E-state index in [1.165, 1.54) is 23.1 Å². The van der Waals surface area contributed by atoms with Crippen molar-refractivity contribution < 1.29 is 18.7 Å². The quantitative estimate of drug-likeness (QED) is 0.372. The summed E-state index contributed by atoms with van der Waals surface area (Å²) in [4.78, 5) is 30.3. The Hall–Kier alpha value is -4.47. The van der Waals surface area contributed by atoms with Crippen molar-refractivity contribution in [2.75, 3.05) is 12.0 Å². The molecule has 4 rings (SSSR count). The summed E-state index contributed by atoms with van der Waals surface area (Å²) in [5.41, 5.74) is 2.64. The van der Waals surface area contributed by atoms with Crippen LogP contribution in [0.5, 0.6) is 5.75 Å². The highest BCUT2D eigenvalue weighted by atomic mass is 16.5. The van der Waals surface area contributed by atoms with E-state index in [-0.39, 0.29) is 6.54 Å². The molecule has 2 heterocycles. The molecule has 0 spiro atoms. The van der Waals surface area contributed by atoms with Gasteiger partial charge in [-0.15, -0.1) is 10.2 Å². The molecule has 2 aromatic carbocycles. The molecule has 10 heteroatoms. The average molecular weight is 517 g/mol. The van der Waals surface area contributed by atoms with Crippen LogP contribution < -0.4 is 15.0 Å². The van der Waals surface area contributed by atoms with Gasteiger partial charge in [-0.05, 0) is 69.7 Å². The predicted molar refractivity (Wildman–Crippen MR) is 143 cm³/mol. The van der Waals surface area contributed by atoms with Crippen molar-refractivity contribution in [3.8, 4) is 17.1 Å². The third-order valence-corrected chi connectivity index (χ3v) is 5.72. The topological polar surface area (TPSA) is 115 Å².